The monoisotopic (exact) mass is 229 g/mol. The Labute approximate surface area is 97.6 Å². The van der Waals surface area contributed by atoms with Gasteiger partial charge in [-0.25, -0.2) is 0 Å². The summed E-state index contributed by atoms with van der Waals surface area (Å²) in [4.78, 5) is 0. The highest BCUT2D eigenvalue weighted by Gasteiger charge is 2.15. The van der Waals surface area contributed by atoms with E-state index in [-0.39, 0.29) is 0 Å². The molecular weight excluding hydrogens is 204 g/mol. The van der Waals surface area contributed by atoms with Gasteiger partial charge < -0.3 is 4.74 Å². The van der Waals surface area contributed by atoms with Crippen LogP contribution in [0.4, 0.5) is 0 Å². The van der Waals surface area contributed by atoms with Gasteiger partial charge in [-0.1, -0.05) is 6.08 Å². The van der Waals surface area contributed by atoms with Crippen LogP contribution in [-0.2, 0) is 15.6 Å². The first-order valence-electron chi connectivity index (χ1n) is 6.14. The molecule has 0 aromatic heterocycles. The predicted molar refractivity (Wildman–Crippen MR) is 70.7 cm³/mol. The molecule has 1 aliphatic rings. The summed E-state index contributed by atoms with van der Waals surface area (Å²) < 4.78 is 5.61. The summed E-state index contributed by atoms with van der Waals surface area (Å²) in [6.07, 6.45) is 12.8. The van der Waals surface area contributed by atoms with E-state index < -0.39 is 0 Å². The molecule has 0 spiro atoms. The molecule has 1 rings (SSSR count). The fraction of sp³-hybridized carbons (Fsp3) is 0.846. The van der Waals surface area contributed by atoms with Gasteiger partial charge in [0.2, 0.25) is 0 Å². The maximum atomic E-state index is 5.61. The van der Waals surface area contributed by atoms with Crippen LogP contribution in [0.3, 0.4) is 0 Å². The minimum Gasteiger partial charge on any atom is -0.378 e. The van der Waals surface area contributed by atoms with Crippen molar-refractivity contribution in [2.45, 2.75) is 44.6 Å². The van der Waals surface area contributed by atoms with Gasteiger partial charge >= 0.3 is 0 Å². The van der Waals surface area contributed by atoms with Crippen molar-refractivity contribution < 1.29 is 4.74 Å². The molecule has 0 aliphatic carbocycles. The lowest BCUT2D eigenvalue weighted by Crippen LogP contribution is -2.11. The molecule has 0 aromatic carbocycles. The maximum Gasteiger partial charge on any atom is 0.111 e. The van der Waals surface area contributed by atoms with Crippen LogP contribution in [0.15, 0.2) is 12.7 Å². The molecule has 1 aliphatic heterocycles. The second-order valence-electron chi connectivity index (χ2n) is 4.40. The highest BCUT2D eigenvalue weighted by atomic mass is 32.2. The minimum absolute atomic E-state index is 0.594. The third kappa shape index (κ3) is 6.26. The van der Waals surface area contributed by atoms with Crippen LogP contribution in [0.25, 0.3) is 0 Å². The van der Waals surface area contributed by atoms with Crippen molar-refractivity contribution in [3.8, 4) is 0 Å². The van der Waals surface area contributed by atoms with Crippen LogP contribution in [0, 0.1) is 0 Å². The Kier molecular flexibility index (Phi) is 7.20. The standard InChI is InChI=1S/C13H25OS/c1-3-4-11-15(2)12-6-5-8-13-9-7-10-14-13/h3,13H,1,4-12H2,2H3/q+1. The largest absolute Gasteiger partial charge is 0.378 e. The fourth-order valence-corrected chi connectivity index (χ4v) is 3.45. The molecule has 0 amide bonds. The van der Waals surface area contributed by atoms with Gasteiger partial charge in [0.1, 0.15) is 11.5 Å². The van der Waals surface area contributed by atoms with E-state index in [1.54, 1.807) is 0 Å². The molecular formula is C13H25OS+. The van der Waals surface area contributed by atoms with Gasteiger partial charge in [0.15, 0.2) is 0 Å². The Morgan fingerprint density at radius 3 is 2.93 bits per heavy atom. The molecule has 0 N–H and O–H groups in total. The van der Waals surface area contributed by atoms with Crippen LogP contribution >= 0.6 is 0 Å². The summed E-state index contributed by atoms with van der Waals surface area (Å²) >= 11 is 0. The van der Waals surface area contributed by atoms with Crippen molar-refractivity contribution in [2.24, 2.45) is 0 Å². The molecule has 0 saturated carbocycles. The molecule has 1 fully saturated rings. The Bertz CT molecular complexity index is 164. The van der Waals surface area contributed by atoms with Gasteiger partial charge in [-0.3, -0.25) is 0 Å². The Morgan fingerprint density at radius 1 is 1.40 bits per heavy atom. The molecule has 0 bridgehead atoms. The molecule has 1 nitrogen and oxygen atoms in total. The van der Waals surface area contributed by atoms with Gasteiger partial charge in [-0.05, 0) is 43.0 Å². The second-order valence-corrected chi connectivity index (χ2v) is 6.78. The average Bonchev–Trinajstić information content (AvgIpc) is 2.74. The normalized spacial score (nSPS) is 22.9. The van der Waals surface area contributed by atoms with Gasteiger partial charge in [0.25, 0.3) is 0 Å². The summed E-state index contributed by atoms with van der Waals surface area (Å²) in [6, 6.07) is 0. The summed E-state index contributed by atoms with van der Waals surface area (Å²) in [5, 5.41) is 0. The molecule has 15 heavy (non-hydrogen) atoms. The molecule has 0 radical (unpaired) electrons. The first-order chi connectivity index (χ1) is 7.33. The first-order valence-corrected chi connectivity index (χ1v) is 8.11. The van der Waals surface area contributed by atoms with E-state index in [0.717, 1.165) is 6.61 Å². The van der Waals surface area contributed by atoms with Crippen LogP contribution in [0.5, 0.6) is 0 Å². The number of allylic oxidation sites excluding steroid dienone is 1. The minimum atomic E-state index is 0.594. The van der Waals surface area contributed by atoms with Crippen molar-refractivity contribution in [3.63, 3.8) is 0 Å². The molecule has 2 unspecified atom stereocenters. The van der Waals surface area contributed by atoms with Crippen LogP contribution < -0.4 is 0 Å². The van der Waals surface area contributed by atoms with E-state index in [1.165, 1.54) is 50.0 Å². The molecule has 88 valence electrons. The zero-order chi connectivity index (χ0) is 10.9. The van der Waals surface area contributed by atoms with E-state index in [0.29, 0.717) is 17.0 Å². The third-order valence-corrected chi connectivity index (χ3v) is 4.88. The first kappa shape index (κ1) is 13.1. The fourth-order valence-electron chi connectivity index (χ4n) is 1.98. The maximum absolute atomic E-state index is 5.61. The summed E-state index contributed by atoms with van der Waals surface area (Å²) in [6.45, 7) is 4.77. The molecule has 0 aromatic rings. The number of hydrogen-bond acceptors (Lipinski definition) is 1. The summed E-state index contributed by atoms with van der Waals surface area (Å²) in [7, 11) is 0.615. The predicted octanol–water partition coefficient (Wildman–Crippen LogP) is 3.16. The smallest absolute Gasteiger partial charge is 0.111 e. The summed E-state index contributed by atoms with van der Waals surface area (Å²) in [5.41, 5.74) is 0. The van der Waals surface area contributed by atoms with Crippen molar-refractivity contribution >= 4 is 10.9 Å². The number of ether oxygens (including phenoxy) is 1. The number of hydrogen-bond donors (Lipinski definition) is 0. The van der Waals surface area contributed by atoms with Crippen molar-refractivity contribution in [3.05, 3.63) is 12.7 Å². The lowest BCUT2D eigenvalue weighted by Gasteiger charge is -2.08. The zero-order valence-electron chi connectivity index (χ0n) is 10.0. The molecule has 2 heteroatoms. The Morgan fingerprint density at radius 2 is 2.27 bits per heavy atom. The van der Waals surface area contributed by atoms with Gasteiger partial charge in [0, 0.05) is 13.0 Å². The van der Waals surface area contributed by atoms with E-state index in [9.17, 15) is 0 Å². The van der Waals surface area contributed by atoms with Crippen molar-refractivity contribution in [2.75, 3.05) is 24.4 Å². The summed E-state index contributed by atoms with van der Waals surface area (Å²) in [5.74, 6) is 2.74. The highest BCUT2D eigenvalue weighted by molar-refractivity contribution is 7.96. The quantitative estimate of drug-likeness (QED) is 0.353. The van der Waals surface area contributed by atoms with Gasteiger partial charge in [0.05, 0.1) is 12.4 Å². The van der Waals surface area contributed by atoms with Gasteiger partial charge in [-0.2, -0.15) is 0 Å². The molecule has 1 saturated heterocycles. The average molecular weight is 229 g/mol. The van der Waals surface area contributed by atoms with Crippen molar-refractivity contribution in [1.82, 2.24) is 0 Å². The Balaban J connectivity index is 1.89. The molecule has 2 atom stereocenters. The van der Waals surface area contributed by atoms with E-state index in [1.807, 2.05) is 6.08 Å². The molecule has 1 heterocycles. The van der Waals surface area contributed by atoms with Crippen LogP contribution in [-0.4, -0.2) is 30.5 Å². The van der Waals surface area contributed by atoms with Crippen LogP contribution in [0.1, 0.15) is 38.5 Å². The zero-order valence-corrected chi connectivity index (χ0v) is 10.9. The van der Waals surface area contributed by atoms with E-state index in [2.05, 4.69) is 12.8 Å². The van der Waals surface area contributed by atoms with E-state index >= 15 is 0 Å². The highest BCUT2D eigenvalue weighted by Crippen LogP contribution is 2.17. The third-order valence-electron chi connectivity index (χ3n) is 2.96. The van der Waals surface area contributed by atoms with Crippen LogP contribution in [0.2, 0.25) is 0 Å². The number of rotatable bonds is 8. The van der Waals surface area contributed by atoms with Crippen molar-refractivity contribution in [1.29, 1.82) is 0 Å². The topological polar surface area (TPSA) is 9.23 Å². The SMILES string of the molecule is C=CCC[S+](C)CCCCC1CCCO1. The second kappa shape index (κ2) is 8.23. The lowest BCUT2D eigenvalue weighted by molar-refractivity contribution is 0.102. The number of unbranched alkanes of at least 4 members (excludes halogenated alkanes) is 1. The van der Waals surface area contributed by atoms with E-state index in [4.69, 9.17) is 4.74 Å². The van der Waals surface area contributed by atoms with Gasteiger partial charge in [-0.15, -0.1) is 6.58 Å². The lowest BCUT2D eigenvalue weighted by atomic mass is 10.1. The Hall–Kier alpha value is 0.0500.